The number of nitrogens with zero attached hydrogens (tertiary/aromatic N) is 4. The summed E-state index contributed by atoms with van der Waals surface area (Å²) in [6.07, 6.45) is 2.11. The first-order chi connectivity index (χ1) is 14.5. The van der Waals surface area contributed by atoms with Crippen molar-refractivity contribution < 1.29 is 14.1 Å². The van der Waals surface area contributed by atoms with Gasteiger partial charge in [-0.05, 0) is 38.1 Å². The maximum atomic E-state index is 12.6. The Kier molecular flexibility index (Phi) is 6.06. The van der Waals surface area contributed by atoms with E-state index in [2.05, 4.69) is 38.3 Å². The zero-order valence-corrected chi connectivity index (χ0v) is 17.9. The summed E-state index contributed by atoms with van der Waals surface area (Å²) in [5, 5.41) is 8.05. The Morgan fingerprint density at radius 3 is 2.73 bits per heavy atom. The number of benzene rings is 1. The molecule has 0 spiro atoms. The van der Waals surface area contributed by atoms with Crippen LogP contribution in [0.15, 0.2) is 35.0 Å². The number of aromatic nitrogens is 2. The molecular formula is C22H29N5O3. The van der Waals surface area contributed by atoms with Crippen LogP contribution in [0.1, 0.15) is 17.0 Å². The molecule has 4 rings (SSSR count). The molecule has 0 atom stereocenters. The second-order valence-electron chi connectivity index (χ2n) is 7.83. The number of hydrogen-bond donors (Lipinski definition) is 1. The molecule has 0 radical (unpaired) electrons. The Balaban J connectivity index is 1.38. The summed E-state index contributed by atoms with van der Waals surface area (Å²) < 4.78 is 12.9. The van der Waals surface area contributed by atoms with E-state index in [4.69, 9.17) is 9.26 Å². The number of hydrogen-bond acceptors (Lipinski definition) is 5. The maximum absolute atomic E-state index is 12.6. The van der Waals surface area contributed by atoms with Gasteiger partial charge in [0.25, 0.3) is 0 Å². The van der Waals surface area contributed by atoms with Crippen molar-refractivity contribution in [2.75, 3.05) is 45.2 Å². The first kappa shape index (κ1) is 20.4. The predicted molar refractivity (Wildman–Crippen MR) is 116 cm³/mol. The summed E-state index contributed by atoms with van der Waals surface area (Å²) in [5.74, 6) is 0.743. The first-order valence-corrected chi connectivity index (χ1v) is 10.3. The van der Waals surface area contributed by atoms with Gasteiger partial charge in [-0.1, -0.05) is 5.16 Å². The molecule has 0 aliphatic carbocycles. The number of ether oxygens (including phenoxy) is 1. The van der Waals surface area contributed by atoms with Gasteiger partial charge in [0.15, 0.2) is 0 Å². The highest BCUT2D eigenvalue weighted by molar-refractivity contribution is 5.92. The molecule has 0 saturated carbocycles. The Bertz CT molecular complexity index is 1000. The standard InChI is InChI=1S/C22H29N5O3/c1-16-20(17(2)30-24-16)15-25(3)22(28)23-19-4-5-21-18(14-19)6-7-27(21)9-8-26-10-12-29-13-11-26/h4-7,14H,8-13,15H2,1-3H3,(H,23,28). The molecule has 1 fully saturated rings. The van der Waals surface area contributed by atoms with Gasteiger partial charge in [-0.15, -0.1) is 0 Å². The molecule has 8 nitrogen and oxygen atoms in total. The van der Waals surface area contributed by atoms with Crippen LogP contribution in [-0.4, -0.2) is 65.5 Å². The summed E-state index contributed by atoms with van der Waals surface area (Å²) in [6.45, 7) is 9.78. The van der Waals surface area contributed by atoms with E-state index < -0.39 is 0 Å². The van der Waals surface area contributed by atoms with E-state index in [1.807, 2.05) is 26.0 Å². The molecule has 2 amide bonds. The van der Waals surface area contributed by atoms with Crippen LogP contribution in [0, 0.1) is 13.8 Å². The van der Waals surface area contributed by atoms with E-state index in [-0.39, 0.29) is 6.03 Å². The van der Waals surface area contributed by atoms with Gasteiger partial charge in [-0.25, -0.2) is 4.79 Å². The van der Waals surface area contributed by atoms with Crippen LogP contribution < -0.4 is 5.32 Å². The van der Waals surface area contributed by atoms with Crippen LogP contribution in [0.4, 0.5) is 10.5 Å². The Morgan fingerprint density at radius 1 is 1.20 bits per heavy atom. The van der Waals surface area contributed by atoms with Gasteiger partial charge in [0, 0.05) is 61.6 Å². The lowest BCUT2D eigenvalue weighted by atomic mass is 10.2. The predicted octanol–water partition coefficient (Wildman–Crippen LogP) is 3.24. The molecule has 3 heterocycles. The van der Waals surface area contributed by atoms with E-state index in [0.717, 1.165) is 67.5 Å². The largest absolute Gasteiger partial charge is 0.379 e. The molecule has 1 aliphatic rings. The number of amides is 2. The van der Waals surface area contributed by atoms with Crippen molar-refractivity contribution in [3.63, 3.8) is 0 Å². The van der Waals surface area contributed by atoms with E-state index in [1.54, 1.807) is 11.9 Å². The lowest BCUT2D eigenvalue weighted by Crippen LogP contribution is -2.38. The van der Waals surface area contributed by atoms with E-state index in [9.17, 15) is 4.79 Å². The Labute approximate surface area is 176 Å². The van der Waals surface area contributed by atoms with E-state index in [1.165, 1.54) is 5.52 Å². The fraction of sp³-hybridized carbons (Fsp3) is 0.455. The van der Waals surface area contributed by atoms with Crippen LogP contribution in [0.2, 0.25) is 0 Å². The highest BCUT2D eigenvalue weighted by atomic mass is 16.5. The third kappa shape index (κ3) is 4.49. The van der Waals surface area contributed by atoms with Gasteiger partial charge in [0.05, 0.1) is 25.5 Å². The Morgan fingerprint density at radius 2 is 2.00 bits per heavy atom. The summed E-state index contributed by atoms with van der Waals surface area (Å²) in [7, 11) is 1.77. The summed E-state index contributed by atoms with van der Waals surface area (Å²) >= 11 is 0. The minimum Gasteiger partial charge on any atom is -0.379 e. The first-order valence-electron chi connectivity index (χ1n) is 10.3. The van der Waals surface area contributed by atoms with Crippen LogP contribution in [-0.2, 0) is 17.8 Å². The molecule has 1 aliphatic heterocycles. The molecule has 8 heteroatoms. The smallest absolute Gasteiger partial charge is 0.321 e. The van der Waals surface area contributed by atoms with E-state index in [0.29, 0.717) is 6.54 Å². The molecule has 30 heavy (non-hydrogen) atoms. The minimum absolute atomic E-state index is 0.166. The van der Waals surface area contributed by atoms with Crippen molar-refractivity contribution in [3.8, 4) is 0 Å². The topological polar surface area (TPSA) is 75.8 Å². The second-order valence-corrected chi connectivity index (χ2v) is 7.83. The summed E-state index contributed by atoms with van der Waals surface area (Å²) in [6, 6.07) is 7.97. The molecule has 160 valence electrons. The number of nitrogens with one attached hydrogen (secondary N) is 1. The average Bonchev–Trinajstić information content (AvgIpc) is 3.30. The number of carbonyl (C=O) groups is 1. The van der Waals surface area contributed by atoms with Crippen LogP contribution in [0.3, 0.4) is 0 Å². The van der Waals surface area contributed by atoms with E-state index >= 15 is 0 Å². The van der Waals surface area contributed by atoms with Gasteiger partial charge in [-0.2, -0.15) is 0 Å². The highest BCUT2D eigenvalue weighted by Gasteiger charge is 2.16. The third-order valence-corrected chi connectivity index (χ3v) is 5.71. The lowest BCUT2D eigenvalue weighted by molar-refractivity contribution is 0.0365. The van der Waals surface area contributed by atoms with Crippen LogP contribution in [0.25, 0.3) is 10.9 Å². The maximum Gasteiger partial charge on any atom is 0.321 e. The van der Waals surface area contributed by atoms with Gasteiger partial charge in [0.1, 0.15) is 5.76 Å². The number of urea groups is 1. The van der Waals surface area contributed by atoms with Gasteiger partial charge in [-0.3, -0.25) is 4.90 Å². The Hall–Kier alpha value is -2.84. The lowest BCUT2D eigenvalue weighted by Gasteiger charge is -2.26. The number of carbonyl (C=O) groups excluding carboxylic acids is 1. The molecule has 1 aromatic carbocycles. The molecule has 1 N–H and O–H groups in total. The van der Waals surface area contributed by atoms with Gasteiger partial charge in [0.2, 0.25) is 0 Å². The van der Waals surface area contributed by atoms with Crippen molar-refractivity contribution in [1.29, 1.82) is 0 Å². The van der Waals surface area contributed by atoms with Crippen LogP contribution in [0.5, 0.6) is 0 Å². The van der Waals surface area contributed by atoms with Gasteiger partial charge >= 0.3 is 6.03 Å². The number of fused-ring (bicyclic) bond motifs is 1. The fourth-order valence-electron chi connectivity index (χ4n) is 3.80. The zero-order chi connectivity index (χ0) is 21.1. The van der Waals surface area contributed by atoms with Crippen molar-refractivity contribution >= 4 is 22.6 Å². The molecule has 3 aromatic rings. The summed E-state index contributed by atoms with van der Waals surface area (Å²) in [5.41, 5.74) is 3.71. The van der Waals surface area contributed by atoms with Gasteiger partial charge < -0.3 is 24.0 Å². The van der Waals surface area contributed by atoms with Crippen molar-refractivity contribution in [2.24, 2.45) is 0 Å². The minimum atomic E-state index is -0.166. The molecule has 0 bridgehead atoms. The molecule has 2 aromatic heterocycles. The highest BCUT2D eigenvalue weighted by Crippen LogP contribution is 2.21. The van der Waals surface area contributed by atoms with Crippen molar-refractivity contribution in [3.05, 3.63) is 47.5 Å². The molecule has 0 unspecified atom stereocenters. The fourth-order valence-corrected chi connectivity index (χ4v) is 3.80. The average molecular weight is 412 g/mol. The monoisotopic (exact) mass is 411 g/mol. The normalized spacial score (nSPS) is 14.9. The van der Waals surface area contributed by atoms with Crippen LogP contribution >= 0.6 is 0 Å². The number of anilines is 1. The third-order valence-electron chi connectivity index (χ3n) is 5.71. The summed E-state index contributed by atoms with van der Waals surface area (Å²) in [4.78, 5) is 16.7. The quantitative estimate of drug-likeness (QED) is 0.674. The zero-order valence-electron chi connectivity index (χ0n) is 17.9. The SMILES string of the molecule is Cc1noc(C)c1CN(C)C(=O)Nc1ccc2c(ccn2CCN2CCOCC2)c1. The van der Waals surface area contributed by atoms with Crippen molar-refractivity contribution in [1.82, 2.24) is 19.5 Å². The second kappa shape index (κ2) is 8.89. The number of morpholine rings is 1. The molecule has 1 saturated heterocycles. The van der Waals surface area contributed by atoms with Crippen molar-refractivity contribution in [2.45, 2.75) is 26.9 Å². The number of aryl methyl sites for hydroxylation is 2. The molecular weight excluding hydrogens is 382 g/mol. The number of rotatable bonds is 6.